The summed E-state index contributed by atoms with van der Waals surface area (Å²) in [6.45, 7) is 5.16. The Morgan fingerprint density at radius 1 is 1.12 bits per heavy atom. The molecule has 0 aliphatic carbocycles. The van der Waals surface area contributed by atoms with Crippen LogP contribution in [0.4, 0.5) is 0 Å². The third-order valence-electron chi connectivity index (χ3n) is 3.30. The van der Waals surface area contributed by atoms with Crippen LogP contribution in [0.5, 0.6) is 0 Å². The number of hydrogen-bond donors (Lipinski definition) is 1. The highest BCUT2D eigenvalue weighted by Gasteiger charge is 2.30. The fourth-order valence-corrected chi connectivity index (χ4v) is 2.61. The Morgan fingerprint density at radius 3 is 2.50 bits per heavy atom. The van der Waals surface area contributed by atoms with Gasteiger partial charge >= 0.3 is 0 Å². The molecule has 1 N–H and O–H groups in total. The van der Waals surface area contributed by atoms with Gasteiger partial charge in [-0.1, -0.05) is 30.3 Å². The molecule has 0 unspecified atom stereocenters. The van der Waals surface area contributed by atoms with E-state index in [2.05, 4.69) is 40.5 Å². The molecule has 16 heavy (non-hydrogen) atoms. The molecule has 0 radical (unpaired) electrons. The van der Waals surface area contributed by atoms with Crippen molar-refractivity contribution in [2.75, 3.05) is 26.2 Å². The van der Waals surface area contributed by atoms with Gasteiger partial charge in [0.25, 0.3) is 0 Å². The average molecular weight is 218 g/mol. The molecule has 3 heteroatoms. The highest BCUT2D eigenvalue weighted by molar-refractivity contribution is 5.14. The summed E-state index contributed by atoms with van der Waals surface area (Å²) in [4.78, 5) is 2.51. The normalized spacial score (nSPS) is 30.2. The average Bonchev–Trinajstić information content (AvgIpc) is 2.30. The largest absolute Gasteiger partial charge is 0.370 e. The molecule has 1 aromatic rings. The second kappa shape index (κ2) is 4.53. The van der Waals surface area contributed by atoms with Gasteiger partial charge in [0.1, 0.15) is 0 Å². The van der Waals surface area contributed by atoms with Crippen LogP contribution in [0.1, 0.15) is 5.56 Å². The lowest BCUT2D eigenvalue weighted by Crippen LogP contribution is -2.57. The zero-order valence-corrected chi connectivity index (χ0v) is 9.43. The van der Waals surface area contributed by atoms with E-state index in [0.717, 1.165) is 32.7 Å². The number of hydrogen-bond acceptors (Lipinski definition) is 3. The van der Waals surface area contributed by atoms with Crippen molar-refractivity contribution in [1.29, 1.82) is 0 Å². The Hall–Kier alpha value is -0.900. The van der Waals surface area contributed by atoms with Crippen LogP contribution >= 0.6 is 0 Å². The fourth-order valence-electron chi connectivity index (χ4n) is 2.61. The molecule has 2 atom stereocenters. The molecule has 0 spiro atoms. The predicted octanol–water partition coefficient (Wildman–Crippen LogP) is 0.859. The van der Waals surface area contributed by atoms with Crippen LogP contribution in [-0.4, -0.2) is 43.3 Å². The molecule has 3 nitrogen and oxygen atoms in total. The lowest BCUT2D eigenvalue weighted by molar-refractivity contribution is -0.105. The van der Waals surface area contributed by atoms with Crippen LogP contribution < -0.4 is 5.32 Å². The lowest BCUT2D eigenvalue weighted by atomic mass is 10.1. The monoisotopic (exact) mass is 218 g/mol. The van der Waals surface area contributed by atoms with Gasteiger partial charge in [-0.2, -0.15) is 0 Å². The highest BCUT2D eigenvalue weighted by Crippen LogP contribution is 2.16. The number of benzene rings is 1. The summed E-state index contributed by atoms with van der Waals surface area (Å²) in [5.74, 6) is 0. The third kappa shape index (κ3) is 2.26. The van der Waals surface area contributed by atoms with Crippen molar-refractivity contribution in [3.05, 3.63) is 35.9 Å². The molecule has 2 aliphatic heterocycles. The van der Waals surface area contributed by atoms with Gasteiger partial charge in [-0.15, -0.1) is 0 Å². The SMILES string of the molecule is c1ccc(CN2C[C@H]3CNC[C@@H](C2)O3)cc1. The van der Waals surface area contributed by atoms with Crippen LogP contribution in [-0.2, 0) is 11.3 Å². The number of nitrogens with zero attached hydrogens (tertiary/aromatic N) is 1. The summed E-state index contributed by atoms with van der Waals surface area (Å²) in [6, 6.07) is 10.7. The van der Waals surface area contributed by atoms with Crippen molar-refractivity contribution in [2.45, 2.75) is 18.8 Å². The summed E-state index contributed by atoms with van der Waals surface area (Å²) < 4.78 is 5.89. The minimum absolute atomic E-state index is 0.385. The van der Waals surface area contributed by atoms with Gasteiger partial charge < -0.3 is 10.1 Å². The summed E-state index contributed by atoms with van der Waals surface area (Å²) in [5.41, 5.74) is 1.40. The van der Waals surface area contributed by atoms with Gasteiger partial charge in [0, 0.05) is 32.7 Å². The molecular formula is C13H18N2O. The van der Waals surface area contributed by atoms with E-state index >= 15 is 0 Å². The summed E-state index contributed by atoms with van der Waals surface area (Å²) >= 11 is 0. The quantitative estimate of drug-likeness (QED) is 0.797. The molecule has 0 aromatic heterocycles. The van der Waals surface area contributed by atoms with E-state index in [0.29, 0.717) is 12.2 Å². The minimum atomic E-state index is 0.385. The Bertz CT molecular complexity index is 329. The minimum Gasteiger partial charge on any atom is -0.370 e. The fraction of sp³-hybridized carbons (Fsp3) is 0.538. The first-order valence-corrected chi connectivity index (χ1v) is 6.02. The number of nitrogens with one attached hydrogen (secondary N) is 1. The molecule has 3 rings (SSSR count). The maximum absolute atomic E-state index is 5.89. The van der Waals surface area contributed by atoms with E-state index in [-0.39, 0.29) is 0 Å². The van der Waals surface area contributed by atoms with Crippen molar-refractivity contribution >= 4 is 0 Å². The molecule has 0 amide bonds. The topological polar surface area (TPSA) is 24.5 Å². The molecule has 0 saturated carbocycles. The molecule has 2 fully saturated rings. The first-order valence-electron chi connectivity index (χ1n) is 6.02. The summed E-state index contributed by atoms with van der Waals surface area (Å²) in [5, 5.41) is 3.42. The van der Waals surface area contributed by atoms with Crippen LogP contribution in [0.3, 0.4) is 0 Å². The zero-order valence-electron chi connectivity index (χ0n) is 9.43. The van der Waals surface area contributed by atoms with Crippen LogP contribution in [0.15, 0.2) is 30.3 Å². The summed E-state index contributed by atoms with van der Waals surface area (Å²) in [7, 11) is 0. The highest BCUT2D eigenvalue weighted by atomic mass is 16.5. The Labute approximate surface area is 96.4 Å². The molecule has 86 valence electrons. The van der Waals surface area contributed by atoms with E-state index < -0.39 is 0 Å². The number of fused-ring (bicyclic) bond motifs is 2. The van der Waals surface area contributed by atoms with E-state index in [1.807, 2.05) is 0 Å². The maximum atomic E-state index is 5.89. The van der Waals surface area contributed by atoms with Crippen molar-refractivity contribution < 1.29 is 4.74 Å². The second-order valence-electron chi connectivity index (χ2n) is 4.72. The van der Waals surface area contributed by atoms with Gasteiger partial charge in [-0.05, 0) is 5.56 Å². The van der Waals surface area contributed by atoms with Gasteiger partial charge in [0.15, 0.2) is 0 Å². The van der Waals surface area contributed by atoms with Crippen molar-refractivity contribution in [3.8, 4) is 0 Å². The van der Waals surface area contributed by atoms with Crippen molar-refractivity contribution in [1.82, 2.24) is 10.2 Å². The number of morpholine rings is 2. The lowest BCUT2D eigenvalue weighted by Gasteiger charge is -2.41. The second-order valence-corrected chi connectivity index (χ2v) is 4.72. The van der Waals surface area contributed by atoms with Gasteiger partial charge in [-0.25, -0.2) is 0 Å². The van der Waals surface area contributed by atoms with Crippen LogP contribution in [0.2, 0.25) is 0 Å². The zero-order chi connectivity index (χ0) is 10.8. The first-order chi connectivity index (χ1) is 7.90. The standard InChI is InChI=1S/C13H18N2O/c1-2-4-11(5-3-1)8-15-9-12-6-14-7-13(10-15)16-12/h1-5,12-14H,6-10H2/t12-,13+. The molecule has 1 aromatic carbocycles. The Morgan fingerprint density at radius 2 is 1.81 bits per heavy atom. The molecular weight excluding hydrogens is 200 g/mol. The van der Waals surface area contributed by atoms with Crippen LogP contribution in [0, 0.1) is 0 Å². The third-order valence-corrected chi connectivity index (χ3v) is 3.30. The van der Waals surface area contributed by atoms with E-state index in [4.69, 9.17) is 4.74 Å². The van der Waals surface area contributed by atoms with Gasteiger partial charge in [0.05, 0.1) is 12.2 Å². The van der Waals surface area contributed by atoms with Gasteiger partial charge in [-0.3, -0.25) is 4.90 Å². The van der Waals surface area contributed by atoms with Gasteiger partial charge in [0.2, 0.25) is 0 Å². The summed E-state index contributed by atoms with van der Waals surface area (Å²) in [6.07, 6.45) is 0.771. The van der Waals surface area contributed by atoms with E-state index in [1.165, 1.54) is 5.56 Å². The molecule has 2 heterocycles. The maximum Gasteiger partial charge on any atom is 0.0831 e. The smallest absolute Gasteiger partial charge is 0.0831 e. The number of ether oxygens (including phenoxy) is 1. The predicted molar refractivity (Wildman–Crippen MR) is 63.2 cm³/mol. The molecule has 2 bridgehead atoms. The Kier molecular flexibility index (Phi) is 2.91. The number of rotatable bonds is 2. The molecule has 2 aliphatic rings. The van der Waals surface area contributed by atoms with Crippen LogP contribution in [0.25, 0.3) is 0 Å². The van der Waals surface area contributed by atoms with Crippen molar-refractivity contribution in [2.24, 2.45) is 0 Å². The molecule has 2 saturated heterocycles. The van der Waals surface area contributed by atoms with E-state index in [1.54, 1.807) is 0 Å². The van der Waals surface area contributed by atoms with E-state index in [9.17, 15) is 0 Å². The first kappa shape index (κ1) is 10.3. The van der Waals surface area contributed by atoms with Crippen molar-refractivity contribution in [3.63, 3.8) is 0 Å². The Balaban J connectivity index is 1.63.